The summed E-state index contributed by atoms with van der Waals surface area (Å²) in [5.74, 6) is 2.19. The van der Waals surface area contributed by atoms with E-state index in [0.29, 0.717) is 11.2 Å². The van der Waals surface area contributed by atoms with Gasteiger partial charge in [-0.05, 0) is 32.1 Å². The third-order valence-corrected chi connectivity index (χ3v) is 6.33. The van der Waals surface area contributed by atoms with Crippen LogP contribution in [0.5, 0.6) is 0 Å². The van der Waals surface area contributed by atoms with Crippen molar-refractivity contribution in [1.29, 1.82) is 0 Å². The normalized spacial score (nSPS) is 21.2. The molecule has 1 aliphatic heterocycles. The van der Waals surface area contributed by atoms with Crippen molar-refractivity contribution >= 4 is 16.9 Å². The van der Waals surface area contributed by atoms with Gasteiger partial charge in [0.25, 0.3) is 5.56 Å². The highest BCUT2D eigenvalue weighted by molar-refractivity contribution is 5.76. The molecule has 2 unspecified atom stereocenters. The minimum Gasteiger partial charge on any atom is -0.313 e. The van der Waals surface area contributed by atoms with Crippen LogP contribution in [0.15, 0.2) is 9.59 Å². The fourth-order valence-electron chi connectivity index (χ4n) is 4.87. The van der Waals surface area contributed by atoms with Crippen LogP contribution in [0.4, 0.5) is 0 Å². The number of hydrogen-bond acceptors (Lipinski definition) is 4. The number of fused-ring (bicyclic) bond motifs is 3. The van der Waals surface area contributed by atoms with Crippen LogP contribution in [0.3, 0.4) is 0 Å². The molecule has 1 aliphatic rings. The molecule has 1 saturated heterocycles. The van der Waals surface area contributed by atoms with E-state index in [0.717, 1.165) is 59.7 Å². The largest absolute Gasteiger partial charge is 0.332 e. The van der Waals surface area contributed by atoms with Gasteiger partial charge in [-0.3, -0.25) is 18.3 Å². The van der Waals surface area contributed by atoms with Crippen molar-refractivity contribution in [2.24, 2.45) is 25.9 Å². The lowest BCUT2D eigenvalue weighted by Gasteiger charge is -2.35. The van der Waals surface area contributed by atoms with Gasteiger partial charge < -0.3 is 9.47 Å². The summed E-state index contributed by atoms with van der Waals surface area (Å²) in [7, 11) is 3.18. The molecule has 8 heteroatoms. The number of nitrogens with zero attached hydrogens (tertiary/aromatic N) is 6. The molecule has 0 aliphatic carbocycles. The first kappa shape index (κ1) is 19.0. The van der Waals surface area contributed by atoms with Gasteiger partial charge in [0.2, 0.25) is 5.78 Å². The fraction of sp³-hybridized carbons (Fsp3) is 0.650. The number of hydrogen-bond donors (Lipinski definition) is 0. The Kier molecular flexibility index (Phi) is 4.49. The number of imidazole rings is 2. The molecule has 1 fully saturated rings. The summed E-state index contributed by atoms with van der Waals surface area (Å²) >= 11 is 0. The zero-order valence-electron chi connectivity index (χ0n) is 17.7. The molecule has 0 amide bonds. The second-order valence-electron chi connectivity index (χ2n) is 8.65. The molecule has 0 spiro atoms. The highest BCUT2D eigenvalue weighted by Crippen LogP contribution is 2.23. The van der Waals surface area contributed by atoms with E-state index in [1.807, 2.05) is 11.3 Å². The standard InChI is InChI=1S/C20H30N6O2/c1-12-9-13(2)11-24(10-12)7-8-25-14(3)15(4)26-16-17(21-19(25)26)22(5)20(28)23(6)18(16)27/h12-13H,7-11H2,1-6H3. The molecule has 0 bridgehead atoms. The molecule has 0 saturated carbocycles. The molecule has 3 aromatic heterocycles. The maximum Gasteiger partial charge on any atom is 0.332 e. The first-order chi connectivity index (χ1) is 13.2. The molecular formula is C20H30N6O2. The summed E-state index contributed by atoms with van der Waals surface area (Å²) in [6.07, 6.45) is 1.30. The van der Waals surface area contributed by atoms with E-state index in [1.54, 1.807) is 7.05 Å². The van der Waals surface area contributed by atoms with Crippen molar-refractivity contribution in [3.8, 4) is 0 Å². The van der Waals surface area contributed by atoms with Crippen molar-refractivity contribution in [1.82, 2.24) is 28.0 Å². The summed E-state index contributed by atoms with van der Waals surface area (Å²) in [6, 6.07) is 0. The molecule has 0 aromatic carbocycles. The maximum absolute atomic E-state index is 12.8. The van der Waals surface area contributed by atoms with Crippen LogP contribution in [0.2, 0.25) is 0 Å². The lowest BCUT2D eigenvalue weighted by Crippen LogP contribution is -2.40. The number of aromatic nitrogens is 5. The zero-order valence-corrected chi connectivity index (χ0v) is 17.7. The van der Waals surface area contributed by atoms with E-state index in [9.17, 15) is 9.59 Å². The summed E-state index contributed by atoms with van der Waals surface area (Å²) in [5, 5.41) is 0. The summed E-state index contributed by atoms with van der Waals surface area (Å²) in [6.45, 7) is 12.8. The van der Waals surface area contributed by atoms with Gasteiger partial charge in [-0.15, -0.1) is 0 Å². The molecule has 8 nitrogen and oxygen atoms in total. The van der Waals surface area contributed by atoms with Gasteiger partial charge in [-0.2, -0.15) is 4.98 Å². The molecule has 0 N–H and O–H groups in total. The van der Waals surface area contributed by atoms with E-state index in [2.05, 4.69) is 30.2 Å². The van der Waals surface area contributed by atoms with E-state index >= 15 is 0 Å². The summed E-state index contributed by atoms with van der Waals surface area (Å²) < 4.78 is 6.70. The minimum absolute atomic E-state index is 0.301. The second-order valence-corrected chi connectivity index (χ2v) is 8.65. The highest BCUT2D eigenvalue weighted by atomic mass is 16.2. The van der Waals surface area contributed by atoms with Crippen molar-refractivity contribution in [2.75, 3.05) is 19.6 Å². The molecule has 3 aromatic rings. The maximum atomic E-state index is 12.8. The first-order valence-corrected chi connectivity index (χ1v) is 10.1. The monoisotopic (exact) mass is 386 g/mol. The fourth-order valence-corrected chi connectivity index (χ4v) is 4.87. The topological polar surface area (TPSA) is 69.5 Å². The Morgan fingerprint density at radius 2 is 1.61 bits per heavy atom. The number of rotatable bonds is 3. The molecule has 152 valence electrons. The molecule has 28 heavy (non-hydrogen) atoms. The van der Waals surface area contributed by atoms with Gasteiger partial charge in [0.15, 0.2) is 11.2 Å². The van der Waals surface area contributed by atoms with E-state index in [4.69, 9.17) is 4.98 Å². The zero-order chi connectivity index (χ0) is 20.3. The van der Waals surface area contributed by atoms with Gasteiger partial charge in [0.05, 0.1) is 0 Å². The van der Waals surface area contributed by atoms with Crippen molar-refractivity contribution in [2.45, 2.75) is 40.7 Å². The number of likely N-dealkylation sites (tertiary alicyclic amines) is 1. The summed E-state index contributed by atoms with van der Waals surface area (Å²) in [5.41, 5.74) is 2.37. The Balaban J connectivity index is 1.81. The Bertz CT molecular complexity index is 1170. The quantitative estimate of drug-likeness (QED) is 0.680. The predicted octanol–water partition coefficient (Wildman–Crippen LogP) is 1.28. The van der Waals surface area contributed by atoms with Crippen LogP contribution in [-0.4, -0.2) is 47.6 Å². The number of aryl methyl sites for hydroxylation is 2. The summed E-state index contributed by atoms with van der Waals surface area (Å²) in [4.78, 5) is 32.3. The predicted molar refractivity (Wildman–Crippen MR) is 110 cm³/mol. The Labute approximate surface area is 164 Å². The molecular weight excluding hydrogens is 356 g/mol. The smallest absolute Gasteiger partial charge is 0.313 e. The average Bonchev–Trinajstić information content (AvgIpc) is 3.13. The Morgan fingerprint density at radius 3 is 2.25 bits per heavy atom. The third kappa shape index (κ3) is 2.73. The van der Waals surface area contributed by atoms with Crippen LogP contribution in [-0.2, 0) is 20.6 Å². The lowest BCUT2D eigenvalue weighted by atomic mass is 9.92. The average molecular weight is 387 g/mol. The van der Waals surface area contributed by atoms with Crippen molar-refractivity contribution < 1.29 is 0 Å². The van der Waals surface area contributed by atoms with Crippen LogP contribution >= 0.6 is 0 Å². The van der Waals surface area contributed by atoms with Gasteiger partial charge >= 0.3 is 5.69 Å². The van der Waals surface area contributed by atoms with Crippen LogP contribution in [0, 0.1) is 25.7 Å². The van der Waals surface area contributed by atoms with Crippen LogP contribution in [0.1, 0.15) is 31.7 Å². The van der Waals surface area contributed by atoms with Crippen LogP contribution in [0.25, 0.3) is 16.9 Å². The third-order valence-electron chi connectivity index (χ3n) is 6.33. The minimum atomic E-state index is -0.351. The van der Waals surface area contributed by atoms with E-state index < -0.39 is 0 Å². The van der Waals surface area contributed by atoms with E-state index in [-0.39, 0.29) is 11.2 Å². The molecule has 4 rings (SSSR count). The van der Waals surface area contributed by atoms with Crippen LogP contribution < -0.4 is 11.2 Å². The van der Waals surface area contributed by atoms with Gasteiger partial charge in [0.1, 0.15) is 0 Å². The van der Waals surface area contributed by atoms with Gasteiger partial charge in [-0.1, -0.05) is 13.8 Å². The van der Waals surface area contributed by atoms with E-state index in [1.165, 1.54) is 18.0 Å². The van der Waals surface area contributed by atoms with Gasteiger partial charge in [-0.25, -0.2) is 4.79 Å². The lowest BCUT2D eigenvalue weighted by molar-refractivity contribution is 0.137. The molecule has 2 atom stereocenters. The molecule has 4 heterocycles. The Hall–Kier alpha value is -2.35. The van der Waals surface area contributed by atoms with Crippen molar-refractivity contribution in [3.05, 3.63) is 32.2 Å². The van der Waals surface area contributed by atoms with Gasteiger partial charge in [0, 0.05) is 51.7 Å². The SMILES string of the molecule is Cc1c(C)n2c3c(=O)n(C)c(=O)n(C)c3nc2n1CCN1CC(C)CC(C)C1. The Morgan fingerprint density at radius 1 is 0.964 bits per heavy atom. The second kappa shape index (κ2) is 6.62. The number of piperidine rings is 1. The molecule has 0 radical (unpaired) electrons. The van der Waals surface area contributed by atoms with Crippen molar-refractivity contribution in [3.63, 3.8) is 0 Å². The highest BCUT2D eigenvalue weighted by Gasteiger charge is 2.24. The first-order valence-electron chi connectivity index (χ1n) is 10.1.